The van der Waals surface area contributed by atoms with Gasteiger partial charge in [-0.15, -0.1) is 23.1 Å². The van der Waals surface area contributed by atoms with Gasteiger partial charge in [0.05, 0.1) is 0 Å². The summed E-state index contributed by atoms with van der Waals surface area (Å²) in [5.41, 5.74) is 3.56. The molecule has 0 aliphatic carbocycles. The molecule has 0 spiro atoms. The Morgan fingerprint density at radius 2 is 1.83 bits per heavy atom. The molecule has 3 aromatic rings. The molecule has 5 rings (SSSR count). The molecule has 2 aromatic carbocycles. The number of anilines is 1. The first kappa shape index (κ1) is 32.0. The highest BCUT2D eigenvalue weighted by molar-refractivity contribution is 8.00. The number of β-lactam (4-membered cyclic amide) rings is 1. The summed E-state index contributed by atoms with van der Waals surface area (Å²) < 4.78 is 0. The van der Waals surface area contributed by atoms with E-state index in [0.29, 0.717) is 10.8 Å². The molecule has 1 saturated heterocycles. The Morgan fingerprint density at radius 1 is 1.13 bits per heavy atom. The Kier molecular flexibility index (Phi) is 8.50. The molecular formula is C28H26N6O10S2. The van der Waals surface area contributed by atoms with Gasteiger partial charge in [-0.25, -0.2) is 14.6 Å². The van der Waals surface area contributed by atoms with Gasteiger partial charge in [-0.2, -0.15) is 0 Å². The smallest absolute Gasteiger partial charge is 0.352 e. The third kappa shape index (κ3) is 6.11. The first-order valence-corrected chi connectivity index (χ1v) is 15.3. The number of hydrogen-bond acceptors (Lipinski definition) is 13. The molecule has 3 heterocycles. The van der Waals surface area contributed by atoms with Crippen molar-refractivity contribution in [3.63, 3.8) is 0 Å². The number of hydrogen-bond donors (Lipinski definition) is 7. The predicted molar refractivity (Wildman–Crippen MR) is 165 cm³/mol. The van der Waals surface area contributed by atoms with E-state index in [4.69, 9.17) is 10.6 Å². The number of carboxylic acid groups (broad SMARTS) is 2. The first-order valence-electron chi connectivity index (χ1n) is 13.3. The maximum Gasteiger partial charge on any atom is 0.352 e. The van der Waals surface area contributed by atoms with Crippen LogP contribution in [-0.2, 0) is 24.0 Å². The van der Waals surface area contributed by atoms with Crippen LogP contribution in [0.1, 0.15) is 29.9 Å². The van der Waals surface area contributed by atoms with Crippen molar-refractivity contribution in [1.82, 2.24) is 20.5 Å². The van der Waals surface area contributed by atoms with Gasteiger partial charge < -0.3 is 41.6 Å². The minimum atomic E-state index is -1.80. The van der Waals surface area contributed by atoms with Gasteiger partial charge in [-0.3, -0.25) is 19.3 Å². The number of carboxylic acids is 2. The van der Waals surface area contributed by atoms with Crippen molar-refractivity contribution < 1.29 is 49.2 Å². The van der Waals surface area contributed by atoms with Gasteiger partial charge in [0, 0.05) is 23.2 Å². The fourth-order valence-electron chi connectivity index (χ4n) is 4.53. The van der Waals surface area contributed by atoms with Crippen LogP contribution in [0, 0.1) is 0 Å². The first-order chi connectivity index (χ1) is 21.7. The summed E-state index contributed by atoms with van der Waals surface area (Å²) in [7, 11) is 0. The van der Waals surface area contributed by atoms with Crippen LogP contribution in [-0.4, -0.2) is 95.0 Å². The molecule has 8 N–H and O–H groups in total. The molecule has 2 aliphatic rings. The number of benzene rings is 2. The third-order valence-electron chi connectivity index (χ3n) is 7.05. The van der Waals surface area contributed by atoms with Crippen LogP contribution in [0.25, 0.3) is 10.8 Å². The number of nitrogen functional groups attached to an aromatic ring is 1. The number of aromatic hydroxyl groups is 2. The molecule has 0 bridgehead atoms. The number of rotatable bonds is 10. The second-order valence-corrected chi connectivity index (χ2v) is 12.6. The number of thioether (sulfide) groups is 1. The van der Waals surface area contributed by atoms with Crippen LogP contribution in [0.2, 0.25) is 0 Å². The Balaban J connectivity index is 1.30. The van der Waals surface area contributed by atoms with Crippen molar-refractivity contribution in [3.05, 3.63) is 58.2 Å². The zero-order chi connectivity index (χ0) is 33.5. The van der Waals surface area contributed by atoms with E-state index in [9.17, 15) is 44.4 Å². The molecule has 16 nitrogen and oxygen atoms in total. The van der Waals surface area contributed by atoms with Gasteiger partial charge in [-0.1, -0.05) is 11.2 Å². The lowest BCUT2D eigenvalue weighted by molar-refractivity contribution is -0.161. The highest BCUT2D eigenvalue weighted by Crippen LogP contribution is 2.40. The van der Waals surface area contributed by atoms with E-state index in [1.807, 2.05) is 0 Å². The maximum atomic E-state index is 13.2. The van der Waals surface area contributed by atoms with E-state index in [1.54, 1.807) is 6.07 Å². The van der Waals surface area contributed by atoms with Crippen molar-refractivity contribution in [3.8, 4) is 11.5 Å². The summed E-state index contributed by atoms with van der Waals surface area (Å²) in [4.78, 5) is 73.1. The number of nitrogens with two attached hydrogens (primary N) is 1. The van der Waals surface area contributed by atoms with Crippen LogP contribution in [0.5, 0.6) is 11.5 Å². The molecule has 1 fully saturated rings. The summed E-state index contributed by atoms with van der Waals surface area (Å²) >= 11 is 2.16. The topological polar surface area (TPSA) is 254 Å². The van der Waals surface area contributed by atoms with E-state index >= 15 is 0 Å². The number of amides is 3. The Hall–Kier alpha value is -5.36. The minimum absolute atomic E-state index is 0.0216. The molecular weight excluding hydrogens is 644 g/mol. The van der Waals surface area contributed by atoms with Gasteiger partial charge in [-0.05, 0) is 54.5 Å². The Labute approximate surface area is 267 Å². The summed E-state index contributed by atoms with van der Waals surface area (Å²) in [5, 5.41) is 49.4. The molecule has 0 saturated carbocycles. The van der Waals surface area contributed by atoms with Crippen LogP contribution in [0.3, 0.4) is 0 Å². The number of phenolic OH excluding ortho intramolecular Hbond substituents is 2. The lowest BCUT2D eigenvalue weighted by atomic mass is 10.0. The molecule has 46 heavy (non-hydrogen) atoms. The number of phenols is 2. The predicted octanol–water partition coefficient (Wildman–Crippen LogP) is 1.04. The van der Waals surface area contributed by atoms with Crippen molar-refractivity contribution in [2.24, 2.45) is 5.16 Å². The second kappa shape index (κ2) is 12.2. The molecule has 2 atom stereocenters. The zero-order valence-electron chi connectivity index (χ0n) is 24.0. The second-order valence-electron chi connectivity index (χ2n) is 10.6. The number of nitrogens with one attached hydrogen (secondary N) is 2. The minimum Gasteiger partial charge on any atom is -0.504 e. The summed E-state index contributed by atoms with van der Waals surface area (Å²) in [6, 6.07) is 6.08. The average molecular weight is 671 g/mol. The van der Waals surface area contributed by atoms with Gasteiger partial charge >= 0.3 is 11.9 Å². The van der Waals surface area contributed by atoms with Gasteiger partial charge in [0.2, 0.25) is 5.60 Å². The molecule has 1 unspecified atom stereocenters. The number of fused-ring (bicyclic) bond motifs is 2. The van der Waals surface area contributed by atoms with E-state index in [-0.39, 0.29) is 51.5 Å². The lowest BCUT2D eigenvalue weighted by Gasteiger charge is -2.49. The SMILES string of the molecule is CC(C)(O/N=C(\C(=O)N[C@@H]1C(=O)N2C(C(=O)O)=C(CNC(=O)c3ccc4cc(O)c(O)cc4c3)CSC12)c1csc(N)n1)C(=O)O. The summed E-state index contributed by atoms with van der Waals surface area (Å²) in [5.74, 6) is -5.50. The van der Waals surface area contributed by atoms with E-state index < -0.39 is 52.4 Å². The van der Waals surface area contributed by atoms with E-state index in [0.717, 1.165) is 16.2 Å². The molecule has 0 radical (unpaired) electrons. The number of aromatic nitrogens is 1. The third-order valence-corrected chi connectivity index (χ3v) is 9.07. The fourth-order valence-corrected chi connectivity index (χ4v) is 6.43. The summed E-state index contributed by atoms with van der Waals surface area (Å²) in [6.07, 6.45) is 0. The van der Waals surface area contributed by atoms with E-state index in [1.165, 1.54) is 55.3 Å². The van der Waals surface area contributed by atoms with Crippen LogP contribution >= 0.6 is 23.1 Å². The molecule has 1 aromatic heterocycles. The molecule has 18 heteroatoms. The number of carbonyl (C=O) groups excluding carboxylic acids is 3. The Bertz CT molecular complexity index is 1870. The largest absolute Gasteiger partial charge is 0.504 e. The van der Waals surface area contributed by atoms with Crippen molar-refractivity contribution in [2.75, 3.05) is 18.0 Å². The number of carbonyl (C=O) groups is 5. The average Bonchev–Trinajstić information content (AvgIpc) is 3.43. The van der Waals surface area contributed by atoms with Crippen molar-refractivity contribution in [1.29, 1.82) is 0 Å². The van der Waals surface area contributed by atoms with Gasteiger partial charge in [0.25, 0.3) is 17.7 Å². The summed E-state index contributed by atoms with van der Waals surface area (Å²) in [6.45, 7) is 2.24. The van der Waals surface area contributed by atoms with Crippen LogP contribution in [0.4, 0.5) is 5.13 Å². The number of aliphatic carboxylic acids is 2. The molecule has 240 valence electrons. The quantitative estimate of drug-likeness (QED) is 0.0690. The molecule has 3 amide bonds. The standard InChI is InChI=1S/C28H26N6O10S2/c1-28(2,26(42)43)44-33-18(15-10-46-27(29)31-15)22(38)32-19-23(39)34-20(25(40)41)14(9-45-24(19)34)8-30-21(37)12-4-3-11-6-16(35)17(36)7-13(11)5-12/h3-7,10,19,24,35-36H,8-9H2,1-2H3,(H2,29,31)(H,30,37)(H,32,38)(H,40,41)(H,42,43)/b33-18-/t19-,24?/m1/s1. The van der Waals surface area contributed by atoms with Crippen molar-refractivity contribution in [2.45, 2.75) is 30.9 Å². The van der Waals surface area contributed by atoms with Crippen LogP contribution in [0.15, 0.2) is 52.1 Å². The van der Waals surface area contributed by atoms with Gasteiger partial charge in [0.1, 0.15) is 22.8 Å². The fraction of sp³-hybridized carbons (Fsp3) is 0.250. The van der Waals surface area contributed by atoms with Crippen molar-refractivity contribution >= 4 is 74.4 Å². The Morgan fingerprint density at radius 3 is 2.46 bits per heavy atom. The highest BCUT2D eigenvalue weighted by atomic mass is 32.2. The molecule has 2 aliphatic heterocycles. The monoisotopic (exact) mass is 670 g/mol. The number of thiazole rings is 1. The lowest BCUT2D eigenvalue weighted by Crippen LogP contribution is -2.71. The van der Waals surface area contributed by atoms with E-state index in [2.05, 4.69) is 20.8 Å². The maximum absolute atomic E-state index is 13.2. The highest BCUT2D eigenvalue weighted by Gasteiger charge is 2.54. The number of oxime groups is 1. The zero-order valence-corrected chi connectivity index (χ0v) is 25.6. The number of nitrogens with zero attached hydrogens (tertiary/aromatic N) is 3. The van der Waals surface area contributed by atoms with Crippen LogP contribution < -0.4 is 16.4 Å². The normalized spacial score (nSPS) is 18.1. The van der Waals surface area contributed by atoms with Gasteiger partial charge in [0.15, 0.2) is 22.3 Å².